The van der Waals surface area contributed by atoms with Crippen molar-refractivity contribution in [1.29, 1.82) is 0 Å². The topological polar surface area (TPSA) is 62.8 Å². The van der Waals surface area contributed by atoms with Crippen LogP contribution < -0.4 is 10.6 Å². The average molecular weight is 329 g/mol. The number of carbonyl (C=O) groups excluding carboxylic acids is 1. The van der Waals surface area contributed by atoms with E-state index in [4.69, 9.17) is 9.47 Å². The summed E-state index contributed by atoms with van der Waals surface area (Å²) in [6, 6.07) is -0.232. The zero-order chi connectivity index (χ0) is 15.4. The number of nitrogens with one attached hydrogen (secondary N) is 2. The normalized spacial score (nSPS) is 37.1. The van der Waals surface area contributed by atoms with Crippen molar-refractivity contribution in [3.8, 4) is 0 Å². The molecule has 3 rings (SSSR count). The molecular formula is C15H27N3O3S. The van der Waals surface area contributed by atoms with Gasteiger partial charge < -0.3 is 20.1 Å². The van der Waals surface area contributed by atoms with Gasteiger partial charge in [0, 0.05) is 37.5 Å². The van der Waals surface area contributed by atoms with Crippen LogP contribution in [0.2, 0.25) is 0 Å². The summed E-state index contributed by atoms with van der Waals surface area (Å²) >= 11 is 1.99. The van der Waals surface area contributed by atoms with Gasteiger partial charge in [-0.1, -0.05) is 0 Å². The Balaban J connectivity index is 1.58. The van der Waals surface area contributed by atoms with Crippen molar-refractivity contribution >= 4 is 17.7 Å². The first-order chi connectivity index (χ1) is 10.7. The third kappa shape index (κ3) is 3.59. The molecule has 22 heavy (non-hydrogen) atoms. The molecule has 0 saturated carbocycles. The summed E-state index contributed by atoms with van der Waals surface area (Å²) in [4.78, 5) is 15.0. The molecule has 3 atom stereocenters. The lowest BCUT2D eigenvalue weighted by Gasteiger charge is -2.43. The Morgan fingerprint density at radius 2 is 2.23 bits per heavy atom. The molecule has 3 saturated heterocycles. The summed E-state index contributed by atoms with van der Waals surface area (Å²) in [6.45, 7) is 7.65. The van der Waals surface area contributed by atoms with Gasteiger partial charge in [0.05, 0.1) is 25.9 Å². The van der Waals surface area contributed by atoms with E-state index < -0.39 is 0 Å². The lowest BCUT2D eigenvalue weighted by Crippen LogP contribution is -2.62. The molecule has 0 radical (unpaired) electrons. The number of hydrogen-bond donors (Lipinski definition) is 2. The SMILES string of the molecule is C[C@H]1OCCN[C@@H]1C(=O)NCC1(N2CCOCC2)CCSC1. The van der Waals surface area contributed by atoms with Gasteiger partial charge in [0.15, 0.2) is 0 Å². The molecule has 1 unspecified atom stereocenters. The Hall–Kier alpha value is -0.340. The largest absolute Gasteiger partial charge is 0.379 e. The van der Waals surface area contributed by atoms with Gasteiger partial charge in [0.1, 0.15) is 6.04 Å². The smallest absolute Gasteiger partial charge is 0.239 e. The van der Waals surface area contributed by atoms with Crippen LogP contribution >= 0.6 is 11.8 Å². The van der Waals surface area contributed by atoms with Gasteiger partial charge in [-0.2, -0.15) is 11.8 Å². The third-order valence-corrected chi connectivity index (χ3v) is 6.19. The van der Waals surface area contributed by atoms with Gasteiger partial charge in [-0.25, -0.2) is 0 Å². The maximum Gasteiger partial charge on any atom is 0.239 e. The second kappa shape index (κ2) is 7.49. The zero-order valence-corrected chi connectivity index (χ0v) is 14.1. The van der Waals surface area contributed by atoms with Gasteiger partial charge in [-0.05, 0) is 19.1 Å². The lowest BCUT2D eigenvalue weighted by atomic mass is 9.95. The van der Waals surface area contributed by atoms with E-state index in [1.807, 2.05) is 18.7 Å². The highest BCUT2D eigenvalue weighted by atomic mass is 32.2. The number of ether oxygens (including phenoxy) is 2. The fourth-order valence-corrected chi connectivity index (χ4v) is 5.00. The molecule has 0 aromatic heterocycles. The van der Waals surface area contributed by atoms with Crippen LogP contribution in [-0.4, -0.2) is 86.0 Å². The maximum absolute atomic E-state index is 12.5. The number of hydrogen-bond acceptors (Lipinski definition) is 6. The minimum atomic E-state index is -0.232. The molecule has 2 N–H and O–H groups in total. The first-order valence-electron chi connectivity index (χ1n) is 8.25. The molecule has 3 aliphatic rings. The maximum atomic E-state index is 12.5. The first-order valence-corrected chi connectivity index (χ1v) is 9.40. The van der Waals surface area contributed by atoms with Gasteiger partial charge in [0.2, 0.25) is 5.91 Å². The highest BCUT2D eigenvalue weighted by Gasteiger charge is 2.41. The summed E-state index contributed by atoms with van der Waals surface area (Å²) in [5.41, 5.74) is 0.100. The minimum Gasteiger partial charge on any atom is -0.379 e. The number of amides is 1. The van der Waals surface area contributed by atoms with Crippen LogP contribution in [0.25, 0.3) is 0 Å². The molecule has 0 aromatic carbocycles. The van der Waals surface area contributed by atoms with E-state index in [9.17, 15) is 4.79 Å². The van der Waals surface area contributed by atoms with Crippen molar-refractivity contribution in [3.63, 3.8) is 0 Å². The van der Waals surface area contributed by atoms with Crippen LogP contribution in [0.5, 0.6) is 0 Å². The summed E-state index contributed by atoms with van der Waals surface area (Å²) in [7, 11) is 0. The summed E-state index contributed by atoms with van der Waals surface area (Å²) in [5, 5.41) is 6.45. The highest BCUT2D eigenvalue weighted by Crippen LogP contribution is 2.33. The van der Waals surface area contributed by atoms with Crippen LogP contribution in [-0.2, 0) is 14.3 Å². The van der Waals surface area contributed by atoms with Crippen molar-refractivity contribution in [3.05, 3.63) is 0 Å². The second-order valence-corrected chi connectivity index (χ2v) is 7.46. The van der Waals surface area contributed by atoms with E-state index in [0.717, 1.165) is 51.6 Å². The van der Waals surface area contributed by atoms with Crippen LogP contribution in [0.15, 0.2) is 0 Å². The molecule has 0 bridgehead atoms. The molecule has 126 valence electrons. The number of morpholine rings is 2. The van der Waals surface area contributed by atoms with Gasteiger partial charge in [-0.3, -0.25) is 9.69 Å². The Labute approximate surface area is 136 Å². The zero-order valence-electron chi connectivity index (χ0n) is 13.3. The Morgan fingerprint density at radius 1 is 1.41 bits per heavy atom. The standard InChI is InChI=1S/C15H27N3O3S/c1-12-13(16-3-6-21-12)14(19)17-10-15(2-9-22-11-15)18-4-7-20-8-5-18/h12-13,16H,2-11H2,1H3,(H,17,19)/t12-,13+,15?/m1/s1. The van der Waals surface area contributed by atoms with Gasteiger partial charge >= 0.3 is 0 Å². The fourth-order valence-electron chi connectivity index (χ4n) is 3.52. The second-order valence-electron chi connectivity index (χ2n) is 6.35. The van der Waals surface area contributed by atoms with E-state index in [2.05, 4.69) is 15.5 Å². The number of thioether (sulfide) groups is 1. The van der Waals surface area contributed by atoms with E-state index in [-0.39, 0.29) is 23.6 Å². The monoisotopic (exact) mass is 329 g/mol. The van der Waals surface area contributed by atoms with Crippen molar-refractivity contribution < 1.29 is 14.3 Å². The molecule has 6 nitrogen and oxygen atoms in total. The fraction of sp³-hybridized carbons (Fsp3) is 0.933. The Kier molecular flexibility index (Phi) is 5.62. The molecule has 3 fully saturated rings. The van der Waals surface area contributed by atoms with Gasteiger partial charge in [0.25, 0.3) is 0 Å². The lowest BCUT2D eigenvalue weighted by molar-refractivity contribution is -0.129. The number of nitrogens with zero attached hydrogens (tertiary/aromatic N) is 1. The quantitative estimate of drug-likeness (QED) is 0.738. The third-order valence-electron chi connectivity index (χ3n) is 4.96. The van der Waals surface area contributed by atoms with Crippen LogP contribution in [0.4, 0.5) is 0 Å². The molecule has 0 spiro atoms. The van der Waals surface area contributed by atoms with Crippen molar-refractivity contribution in [2.45, 2.75) is 31.0 Å². The minimum absolute atomic E-state index is 0.0639. The van der Waals surface area contributed by atoms with Crippen LogP contribution in [0.3, 0.4) is 0 Å². The molecule has 0 aliphatic carbocycles. The molecule has 0 aromatic rings. The molecular weight excluding hydrogens is 302 g/mol. The van der Waals surface area contributed by atoms with Gasteiger partial charge in [-0.15, -0.1) is 0 Å². The Morgan fingerprint density at radius 3 is 2.91 bits per heavy atom. The van der Waals surface area contributed by atoms with Crippen molar-refractivity contribution in [2.75, 3.05) is 57.5 Å². The highest BCUT2D eigenvalue weighted by molar-refractivity contribution is 7.99. The molecule has 1 amide bonds. The number of rotatable bonds is 4. The van der Waals surface area contributed by atoms with Crippen LogP contribution in [0.1, 0.15) is 13.3 Å². The molecule has 3 heterocycles. The summed E-state index contributed by atoms with van der Waals surface area (Å²) < 4.78 is 11.0. The predicted octanol–water partition coefficient (Wildman–Crippen LogP) is -0.313. The van der Waals surface area contributed by atoms with E-state index >= 15 is 0 Å². The molecule has 7 heteroatoms. The summed E-state index contributed by atoms with van der Waals surface area (Å²) in [6.07, 6.45) is 1.08. The number of carbonyl (C=O) groups is 1. The van der Waals surface area contributed by atoms with Crippen molar-refractivity contribution in [2.24, 2.45) is 0 Å². The van der Waals surface area contributed by atoms with E-state index in [1.165, 1.54) is 5.75 Å². The van der Waals surface area contributed by atoms with Crippen molar-refractivity contribution in [1.82, 2.24) is 15.5 Å². The van der Waals surface area contributed by atoms with E-state index in [1.54, 1.807) is 0 Å². The average Bonchev–Trinajstić information content (AvgIpc) is 3.04. The molecule has 3 aliphatic heterocycles. The first kappa shape index (κ1) is 16.5. The summed E-state index contributed by atoms with van der Waals surface area (Å²) in [5.74, 6) is 2.34. The predicted molar refractivity (Wildman–Crippen MR) is 87.3 cm³/mol. The Bertz CT molecular complexity index is 384. The van der Waals surface area contributed by atoms with E-state index in [0.29, 0.717) is 6.61 Å². The van der Waals surface area contributed by atoms with Crippen LogP contribution in [0, 0.1) is 0 Å².